The second kappa shape index (κ2) is 7.69. The van der Waals surface area contributed by atoms with Gasteiger partial charge < -0.3 is 9.84 Å². The molecule has 0 saturated heterocycles. The van der Waals surface area contributed by atoms with E-state index < -0.39 is 0 Å². The fourth-order valence-corrected chi connectivity index (χ4v) is 8.33. The molecule has 0 unspecified atom stereocenters. The van der Waals surface area contributed by atoms with Crippen LogP contribution in [0.3, 0.4) is 0 Å². The van der Waals surface area contributed by atoms with Gasteiger partial charge in [-0.05, 0) is 104 Å². The van der Waals surface area contributed by atoms with E-state index >= 15 is 0 Å². The van der Waals surface area contributed by atoms with Gasteiger partial charge in [0.2, 0.25) is 0 Å². The molecule has 0 spiro atoms. The Morgan fingerprint density at radius 3 is 2.53 bits per heavy atom. The largest absolute Gasteiger partial charge is 0.494 e. The average Bonchev–Trinajstić information content (AvgIpc) is 3.00. The Morgan fingerprint density at radius 2 is 1.77 bits per heavy atom. The van der Waals surface area contributed by atoms with Crippen molar-refractivity contribution in [3.05, 3.63) is 35.4 Å². The molecule has 0 amide bonds. The number of aliphatic hydroxyl groups excluding tert-OH is 1. The van der Waals surface area contributed by atoms with Gasteiger partial charge in [-0.15, -0.1) is 0 Å². The topological polar surface area (TPSA) is 29.5 Å². The molecule has 1 aromatic carbocycles. The minimum absolute atomic E-state index is 0.0656. The van der Waals surface area contributed by atoms with Crippen LogP contribution in [0.1, 0.15) is 84.1 Å². The highest BCUT2D eigenvalue weighted by Gasteiger charge is 2.60. The van der Waals surface area contributed by atoms with Gasteiger partial charge >= 0.3 is 0 Å². The molecule has 0 heterocycles. The molecule has 2 heteroatoms. The number of aliphatic hydroxyl groups is 1. The van der Waals surface area contributed by atoms with E-state index in [4.69, 9.17) is 4.74 Å². The minimum atomic E-state index is -0.285. The molecule has 4 fully saturated rings. The Balaban J connectivity index is 1.40. The maximum absolute atomic E-state index is 11.4. The molecular weight excluding hydrogens is 368 g/mol. The lowest BCUT2D eigenvalue weighted by molar-refractivity contribution is -0.119. The molecule has 0 bridgehead atoms. The van der Waals surface area contributed by atoms with Crippen molar-refractivity contribution in [3.63, 3.8) is 0 Å². The van der Waals surface area contributed by atoms with Crippen LogP contribution in [0.25, 0.3) is 6.08 Å². The van der Waals surface area contributed by atoms with Crippen LogP contribution in [-0.4, -0.2) is 17.8 Å². The Labute approximate surface area is 183 Å². The highest BCUT2D eigenvalue weighted by molar-refractivity contribution is 5.56. The average molecular weight is 409 g/mol. The lowest BCUT2D eigenvalue weighted by atomic mass is 9.45. The summed E-state index contributed by atoms with van der Waals surface area (Å²) in [6, 6.07) is 8.36. The van der Waals surface area contributed by atoms with Crippen LogP contribution in [0.2, 0.25) is 0 Å². The molecule has 0 aliphatic heterocycles. The van der Waals surface area contributed by atoms with E-state index in [9.17, 15) is 5.11 Å². The Kier molecular flexibility index (Phi) is 5.29. The maximum Gasteiger partial charge on any atom is 0.119 e. The van der Waals surface area contributed by atoms with Crippen LogP contribution < -0.4 is 4.74 Å². The molecule has 30 heavy (non-hydrogen) atoms. The first-order chi connectivity index (χ1) is 14.5. The van der Waals surface area contributed by atoms with Crippen LogP contribution in [0.4, 0.5) is 0 Å². The summed E-state index contributed by atoms with van der Waals surface area (Å²) >= 11 is 0. The van der Waals surface area contributed by atoms with Gasteiger partial charge in [-0.1, -0.05) is 44.9 Å². The predicted molar refractivity (Wildman–Crippen MR) is 123 cm³/mol. The van der Waals surface area contributed by atoms with Gasteiger partial charge in [0.05, 0.1) is 12.7 Å². The van der Waals surface area contributed by atoms with E-state index in [0.29, 0.717) is 17.9 Å². The molecule has 4 saturated carbocycles. The van der Waals surface area contributed by atoms with Crippen LogP contribution in [0.15, 0.2) is 29.8 Å². The normalized spacial score (nSPS) is 44.3. The fraction of sp³-hybridized carbons (Fsp3) is 0.714. The van der Waals surface area contributed by atoms with E-state index in [0.717, 1.165) is 29.9 Å². The summed E-state index contributed by atoms with van der Waals surface area (Å²) < 4.78 is 5.59. The smallest absolute Gasteiger partial charge is 0.119 e. The van der Waals surface area contributed by atoms with Crippen molar-refractivity contribution in [2.24, 2.45) is 34.5 Å². The van der Waals surface area contributed by atoms with E-state index in [-0.39, 0.29) is 11.5 Å². The predicted octanol–water partition coefficient (Wildman–Crippen LogP) is 6.87. The van der Waals surface area contributed by atoms with E-state index in [1.54, 1.807) is 0 Å². The molecule has 164 valence electrons. The summed E-state index contributed by atoms with van der Waals surface area (Å²) in [4.78, 5) is 0. The van der Waals surface area contributed by atoms with Crippen molar-refractivity contribution < 1.29 is 9.84 Å². The molecule has 2 nitrogen and oxygen atoms in total. The second-order valence-electron chi connectivity index (χ2n) is 11.3. The van der Waals surface area contributed by atoms with Gasteiger partial charge in [-0.3, -0.25) is 0 Å². The van der Waals surface area contributed by atoms with Crippen LogP contribution >= 0.6 is 0 Å². The number of hydrogen-bond donors (Lipinski definition) is 1. The molecule has 1 N–H and O–H groups in total. The van der Waals surface area contributed by atoms with Gasteiger partial charge in [0.1, 0.15) is 5.75 Å². The number of fused-ring (bicyclic) bond motifs is 5. The van der Waals surface area contributed by atoms with Crippen molar-refractivity contribution in [2.45, 2.75) is 84.7 Å². The second-order valence-corrected chi connectivity index (χ2v) is 11.3. The summed E-state index contributed by atoms with van der Waals surface area (Å²) in [5.41, 5.74) is 3.09. The molecule has 4 aliphatic carbocycles. The first kappa shape index (κ1) is 20.6. The summed E-state index contributed by atoms with van der Waals surface area (Å²) in [6.45, 7) is 7.74. The molecule has 0 aromatic heterocycles. The number of ether oxygens (including phenoxy) is 1. The third-order valence-corrected chi connectivity index (χ3v) is 10.00. The molecule has 1 aromatic rings. The van der Waals surface area contributed by atoms with Crippen LogP contribution in [0, 0.1) is 34.5 Å². The zero-order valence-corrected chi connectivity index (χ0v) is 19.2. The summed E-state index contributed by atoms with van der Waals surface area (Å²) in [5, 5.41) is 11.4. The Hall–Kier alpha value is -1.28. The maximum atomic E-state index is 11.4. The van der Waals surface area contributed by atoms with Crippen molar-refractivity contribution in [2.75, 3.05) is 6.61 Å². The number of hydrogen-bond acceptors (Lipinski definition) is 2. The molecule has 5 rings (SSSR count). The zero-order valence-electron chi connectivity index (χ0n) is 19.2. The molecule has 4 aliphatic rings. The third-order valence-electron chi connectivity index (χ3n) is 10.00. The highest BCUT2D eigenvalue weighted by atomic mass is 16.5. The monoisotopic (exact) mass is 408 g/mol. The quantitative estimate of drug-likeness (QED) is 0.591. The zero-order chi connectivity index (χ0) is 20.9. The lowest BCUT2D eigenvalue weighted by Crippen LogP contribution is -2.53. The van der Waals surface area contributed by atoms with Gasteiger partial charge in [0, 0.05) is 5.41 Å². The van der Waals surface area contributed by atoms with Gasteiger partial charge in [0.15, 0.2) is 0 Å². The van der Waals surface area contributed by atoms with E-state index in [2.05, 4.69) is 32.1 Å². The van der Waals surface area contributed by atoms with Crippen molar-refractivity contribution in [1.82, 2.24) is 0 Å². The number of benzene rings is 1. The summed E-state index contributed by atoms with van der Waals surface area (Å²) in [5.74, 6) is 4.23. The molecule has 7 atom stereocenters. The highest BCUT2D eigenvalue weighted by Crippen LogP contribution is 2.67. The Morgan fingerprint density at radius 1 is 0.967 bits per heavy atom. The number of rotatable bonds is 3. The first-order valence-electron chi connectivity index (χ1n) is 12.6. The third kappa shape index (κ3) is 3.17. The van der Waals surface area contributed by atoms with E-state index in [1.165, 1.54) is 62.5 Å². The standard InChI is InChI=1S/C28H40O2/c1-4-30-22-11-8-19(9-12-22)17-20-18-25-23-13-10-21-7-5-6-15-27(21,2)24(23)14-16-28(25,3)26(20)29/h8-9,11-12,17,21,23-26,29H,4-7,10,13-16,18H2,1-3H3/b20-17+/t21-,23-,24+,25+,26+,27+,28+/m1/s1. The fourth-order valence-electron chi connectivity index (χ4n) is 8.33. The van der Waals surface area contributed by atoms with Gasteiger partial charge in [0.25, 0.3) is 0 Å². The summed E-state index contributed by atoms with van der Waals surface area (Å²) in [7, 11) is 0. The van der Waals surface area contributed by atoms with E-state index in [1.807, 2.05) is 19.1 Å². The van der Waals surface area contributed by atoms with Crippen LogP contribution in [-0.2, 0) is 0 Å². The molecular formula is C28H40O2. The lowest BCUT2D eigenvalue weighted by Gasteiger charge is -2.60. The first-order valence-corrected chi connectivity index (χ1v) is 12.6. The van der Waals surface area contributed by atoms with Gasteiger partial charge in [-0.2, -0.15) is 0 Å². The van der Waals surface area contributed by atoms with Crippen LogP contribution in [0.5, 0.6) is 5.75 Å². The van der Waals surface area contributed by atoms with Gasteiger partial charge in [-0.25, -0.2) is 0 Å². The summed E-state index contributed by atoms with van der Waals surface area (Å²) in [6.07, 6.45) is 14.2. The van der Waals surface area contributed by atoms with Crippen molar-refractivity contribution >= 4 is 6.08 Å². The molecule has 0 radical (unpaired) electrons. The van der Waals surface area contributed by atoms with Crippen molar-refractivity contribution in [1.29, 1.82) is 0 Å². The van der Waals surface area contributed by atoms with Crippen molar-refractivity contribution in [3.8, 4) is 5.75 Å². The minimum Gasteiger partial charge on any atom is -0.494 e. The SMILES string of the molecule is CCOc1ccc(/C=C2\C[C@H]3[C@@H]4CC[C@H]5CCCC[C@]5(C)[C@H]4CC[C@]3(C)[C@H]2O)cc1. The Bertz CT molecular complexity index is 795.